The predicted molar refractivity (Wildman–Crippen MR) is 50.8 cm³/mol. The largest absolute Gasteiger partial charge is 0.320 e. The van der Waals surface area contributed by atoms with Crippen LogP contribution in [0.3, 0.4) is 0 Å². The first-order valence-electron chi connectivity index (χ1n) is 3.74. The van der Waals surface area contributed by atoms with Crippen molar-refractivity contribution < 1.29 is 0 Å². The average molecular weight is 167 g/mol. The van der Waals surface area contributed by atoms with E-state index in [2.05, 4.69) is 25.6 Å². The highest BCUT2D eigenvalue weighted by atomic mass is 32.1. The van der Waals surface area contributed by atoms with Gasteiger partial charge in [-0.05, 0) is 18.6 Å². The number of hydrogen-bond acceptors (Lipinski definition) is 2. The molecule has 1 aromatic heterocycles. The fourth-order valence-electron chi connectivity index (χ4n) is 0.880. The summed E-state index contributed by atoms with van der Waals surface area (Å²) in [5.41, 5.74) is 5.75. The molecule has 2 N–H and O–H groups in total. The Balaban J connectivity index is 2.79. The second-order valence-corrected chi connectivity index (χ2v) is 3.62. The van der Waals surface area contributed by atoms with Crippen LogP contribution in [-0.4, -0.2) is 0 Å². The summed E-state index contributed by atoms with van der Waals surface area (Å²) >= 11 is 1.77. The minimum atomic E-state index is 0.0142. The molecule has 60 valence electrons. The van der Waals surface area contributed by atoms with Crippen LogP contribution < -0.4 is 5.73 Å². The van der Waals surface area contributed by atoms with E-state index in [1.165, 1.54) is 9.75 Å². The number of nitrogens with two attached hydrogens (primary N) is 1. The smallest absolute Gasteiger partial charge is 0.0573 e. The first-order valence-corrected chi connectivity index (χ1v) is 4.56. The van der Waals surface area contributed by atoms with Crippen molar-refractivity contribution in [2.75, 3.05) is 0 Å². The Morgan fingerprint density at radius 2 is 2.45 bits per heavy atom. The van der Waals surface area contributed by atoms with Gasteiger partial charge in [0.1, 0.15) is 0 Å². The molecule has 0 aliphatic carbocycles. The van der Waals surface area contributed by atoms with Crippen LogP contribution in [0.25, 0.3) is 0 Å². The van der Waals surface area contributed by atoms with E-state index in [0.29, 0.717) is 0 Å². The highest BCUT2D eigenvalue weighted by molar-refractivity contribution is 7.12. The maximum atomic E-state index is 5.75. The third-order valence-electron chi connectivity index (χ3n) is 1.61. The van der Waals surface area contributed by atoms with Crippen LogP contribution in [0.2, 0.25) is 0 Å². The quantitative estimate of drug-likeness (QED) is 0.688. The molecule has 0 bridgehead atoms. The molecule has 1 aromatic rings. The summed E-state index contributed by atoms with van der Waals surface area (Å²) in [6.07, 6.45) is 2.86. The molecule has 2 heteroatoms. The molecule has 0 radical (unpaired) electrons. The molecule has 1 atom stereocenters. The zero-order chi connectivity index (χ0) is 8.27. The number of aryl methyl sites for hydroxylation is 1. The normalized spacial score (nSPS) is 12.9. The van der Waals surface area contributed by atoms with Gasteiger partial charge in [-0.3, -0.25) is 0 Å². The molecule has 0 fully saturated rings. The molecule has 0 saturated heterocycles. The molecule has 11 heavy (non-hydrogen) atoms. The summed E-state index contributed by atoms with van der Waals surface area (Å²) in [5, 5.41) is 0. The minimum Gasteiger partial charge on any atom is -0.320 e. The van der Waals surface area contributed by atoms with Gasteiger partial charge >= 0.3 is 0 Å². The lowest BCUT2D eigenvalue weighted by Gasteiger charge is -1.99. The van der Waals surface area contributed by atoms with Crippen molar-refractivity contribution in [1.29, 1.82) is 0 Å². The summed E-state index contributed by atoms with van der Waals surface area (Å²) in [4.78, 5) is 2.59. The van der Waals surface area contributed by atoms with Gasteiger partial charge in [0.05, 0.1) is 6.04 Å². The number of hydrogen-bond donors (Lipinski definition) is 1. The average Bonchev–Trinajstić information content (AvgIpc) is 2.50. The molecular weight excluding hydrogens is 154 g/mol. The van der Waals surface area contributed by atoms with Crippen LogP contribution in [-0.2, 0) is 6.42 Å². The van der Waals surface area contributed by atoms with Crippen LogP contribution in [0.1, 0.15) is 22.7 Å². The molecule has 1 heterocycles. The Kier molecular flexibility index (Phi) is 2.85. The van der Waals surface area contributed by atoms with Crippen molar-refractivity contribution in [3.8, 4) is 0 Å². The number of rotatable bonds is 3. The fourth-order valence-corrected chi connectivity index (χ4v) is 1.83. The van der Waals surface area contributed by atoms with Crippen molar-refractivity contribution in [2.45, 2.75) is 19.4 Å². The van der Waals surface area contributed by atoms with Gasteiger partial charge < -0.3 is 5.73 Å². The zero-order valence-electron chi connectivity index (χ0n) is 6.71. The first kappa shape index (κ1) is 8.50. The topological polar surface area (TPSA) is 26.0 Å². The number of thiophene rings is 1. The molecule has 0 aromatic carbocycles. The van der Waals surface area contributed by atoms with Gasteiger partial charge in [0.15, 0.2) is 0 Å². The van der Waals surface area contributed by atoms with E-state index >= 15 is 0 Å². The lowest BCUT2D eigenvalue weighted by Crippen LogP contribution is -2.03. The highest BCUT2D eigenvalue weighted by Gasteiger charge is 2.03. The predicted octanol–water partition coefficient (Wildman–Crippen LogP) is 2.50. The Morgan fingerprint density at radius 1 is 1.73 bits per heavy atom. The summed E-state index contributed by atoms with van der Waals surface area (Å²) < 4.78 is 0. The van der Waals surface area contributed by atoms with Crippen LogP contribution in [0, 0.1) is 0 Å². The van der Waals surface area contributed by atoms with Crippen molar-refractivity contribution >= 4 is 11.3 Å². The van der Waals surface area contributed by atoms with Crippen molar-refractivity contribution in [3.05, 3.63) is 34.5 Å². The molecule has 0 amide bonds. The molecule has 1 nitrogen and oxygen atoms in total. The van der Waals surface area contributed by atoms with Crippen LogP contribution in [0.15, 0.2) is 24.8 Å². The third-order valence-corrected chi connectivity index (χ3v) is 2.94. The maximum absolute atomic E-state index is 5.75. The summed E-state index contributed by atoms with van der Waals surface area (Å²) in [5.74, 6) is 0. The van der Waals surface area contributed by atoms with Crippen LogP contribution >= 0.6 is 11.3 Å². The Labute approximate surface area is 71.5 Å². The van der Waals surface area contributed by atoms with Gasteiger partial charge in [0.2, 0.25) is 0 Å². The van der Waals surface area contributed by atoms with Crippen molar-refractivity contribution in [2.24, 2.45) is 5.73 Å². The van der Waals surface area contributed by atoms with E-state index in [9.17, 15) is 0 Å². The molecular formula is C9H13NS. The van der Waals surface area contributed by atoms with Gasteiger partial charge in [-0.25, -0.2) is 0 Å². The van der Waals surface area contributed by atoms with Gasteiger partial charge in [-0.15, -0.1) is 17.9 Å². The highest BCUT2D eigenvalue weighted by Crippen LogP contribution is 2.22. The summed E-state index contributed by atoms with van der Waals surface area (Å²) in [6.45, 7) is 5.80. The zero-order valence-corrected chi connectivity index (χ0v) is 7.53. The van der Waals surface area contributed by atoms with E-state index in [0.717, 1.165) is 6.42 Å². The Hall–Kier alpha value is -0.600. The SMILES string of the molecule is C=CC(N)c1ccc(CC)s1. The first-order chi connectivity index (χ1) is 5.27. The molecule has 0 saturated carbocycles. The van der Waals surface area contributed by atoms with Gasteiger partial charge in [-0.2, -0.15) is 0 Å². The Morgan fingerprint density at radius 3 is 2.91 bits per heavy atom. The minimum absolute atomic E-state index is 0.0142. The molecule has 0 aliphatic heterocycles. The van der Waals surface area contributed by atoms with Crippen molar-refractivity contribution in [1.82, 2.24) is 0 Å². The molecule has 1 rings (SSSR count). The van der Waals surface area contributed by atoms with Crippen molar-refractivity contribution in [3.63, 3.8) is 0 Å². The second-order valence-electron chi connectivity index (χ2n) is 2.42. The second kappa shape index (κ2) is 3.69. The lowest BCUT2D eigenvalue weighted by atomic mass is 10.2. The fraction of sp³-hybridized carbons (Fsp3) is 0.333. The monoisotopic (exact) mass is 167 g/mol. The maximum Gasteiger partial charge on any atom is 0.0573 e. The summed E-state index contributed by atoms with van der Waals surface area (Å²) in [7, 11) is 0. The lowest BCUT2D eigenvalue weighted by molar-refractivity contribution is 0.940. The molecule has 0 spiro atoms. The third kappa shape index (κ3) is 1.91. The van der Waals surface area contributed by atoms with E-state index < -0.39 is 0 Å². The van der Waals surface area contributed by atoms with E-state index in [4.69, 9.17) is 5.73 Å². The molecule has 1 unspecified atom stereocenters. The Bertz CT molecular complexity index is 239. The van der Waals surface area contributed by atoms with Gasteiger partial charge in [-0.1, -0.05) is 13.0 Å². The van der Waals surface area contributed by atoms with Gasteiger partial charge in [0, 0.05) is 9.75 Å². The van der Waals surface area contributed by atoms with E-state index in [1.807, 2.05) is 0 Å². The van der Waals surface area contributed by atoms with E-state index in [1.54, 1.807) is 17.4 Å². The van der Waals surface area contributed by atoms with Gasteiger partial charge in [0.25, 0.3) is 0 Å². The van der Waals surface area contributed by atoms with Crippen LogP contribution in [0.5, 0.6) is 0 Å². The van der Waals surface area contributed by atoms with E-state index in [-0.39, 0.29) is 6.04 Å². The summed E-state index contributed by atoms with van der Waals surface area (Å²) in [6, 6.07) is 4.22. The standard InChI is InChI=1S/C9H13NS/c1-3-7-5-6-9(11-7)8(10)4-2/h4-6,8H,2-3,10H2,1H3. The van der Waals surface area contributed by atoms with Crippen LogP contribution in [0.4, 0.5) is 0 Å². The molecule has 0 aliphatic rings.